The van der Waals surface area contributed by atoms with E-state index in [9.17, 15) is 4.79 Å². The second kappa shape index (κ2) is 10.7. The van der Waals surface area contributed by atoms with E-state index in [0.29, 0.717) is 17.2 Å². The molecule has 0 spiro atoms. The van der Waals surface area contributed by atoms with Gasteiger partial charge < -0.3 is 5.32 Å². The summed E-state index contributed by atoms with van der Waals surface area (Å²) in [5.74, 6) is 0.334. The summed E-state index contributed by atoms with van der Waals surface area (Å²) < 4.78 is 0. The van der Waals surface area contributed by atoms with Crippen LogP contribution in [0.1, 0.15) is 86.3 Å². The van der Waals surface area contributed by atoms with Gasteiger partial charge in [0.2, 0.25) is 0 Å². The molecular weight excluding hydrogens is 342 g/mol. The summed E-state index contributed by atoms with van der Waals surface area (Å²) in [5.41, 5.74) is 6.13. The summed E-state index contributed by atoms with van der Waals surface area (Å²) in [6.07, 6.45) is 7.31. The Morgan fingerprint density at radius 3 is 1.96 bits per heavy atom. The standard InChI is InChI=1S/C22H23NO.C4H10/c1-15(2)19-10-12-21(13-11-19)22(24)23-16(3)20-8-6-18(7-9-20)14-17-4-5-17;1-3-4-2/h6-15H,3-5H2,1-2H3,(H,23,24);3-4H2,1-2H3. The number of nitrogens with one attached hydrogen (secondary N) is 1. The third-order valence-electron chi connectivity index (χ3n) is 4.77. The number of hydrogen-bond donors (Lipinski definition) is 1. The van der Waals surface area contributed by atoms with E-state index in [4.69, 9.17) is 0 Å². The first-order chi connectivity index (χ1) is 13.4. The van der Waals surface area contributed by atoms with Crippen LogP contribution in [0.5, 0.6) is 0 Å². The van der Waals surface area contributed by atoms with Gasteiger partial charge in [-0.1, -0.05) is 95.2 Å². The van der Waals surface area contributed by atoms with E-state index in [-0.39, 0.29) is 5.91 Å². The van der Waals surface area contributed by atoms with Gasteiger partial charge in [-0.25, -0.2) is 0 Å². The molecule has 2 nitrogen and oxygen atoms in total. The molecule has 148 valence electrons. The maximum absolute atomic E-state index is 12.3. The van der Waals surface area contributed by atoms with Crippen molar-refractivity contribution in [2.24, 2.45) is 0 Å². The van der Waals surface area contributed by atoms with Crippen LogP contribution >= 0.6 is 0 Å². The van der Waals surface area contributed by atoms with E-state index in [1.807, 2.05) is 36.4 Å². The van der Waals surface area contributed by atoms with Crippen LogP contribution in [-0.2, 0) is 0 Å². The van der Waals surface area contributed by atoms with Crippen molar-refractivity contribution >= 4 is 17.7 Å². The lowest BCUT2D eigenvalue weighted by Gasteiger charge is -2.10. The van der Waals surface area contributed by atoms with Crippen molar-refractivity contribution in [2.45, 2.75) is 59.3 Å². The topological polar surface area (TPSA) is 29.1 Å². The summed E-state index contributed by atoms with van der Waals surface area (Å²) in [6, 6.07) is 15.9. The highest BCUT2D eigenvalue weighted by atomic mass is 16.1. The molecule has 28 heavy (non-hydrogen) atoms. The first-order valence-corrected chi connectivity index (χ1v) is 10.3. The van der Waals surface area contributed by atoms with Gasteiger partial charge in [0.1, 0.15) is 0 Å². The molecule has 0 saturated heterocycles. The molecule has 0 radical (unpaired) electrons. The van der Waals surface area contributed by atoms with E-state index < -0.39 is 0 Å². The van der Waals surface area contributed by atoms with Gasteiger partial charge in [-0.05, 0) is 47.6 Å². The SMILES string of the molecule is C=C(NC(=O)c1ccc(C(C)C)cc1)c1ccc(C=C2CC2)cc1.CCCC. The number of benzene rings is 2. The first-order valence-electron chi connectivity index (χ1n) is 10.3. The Labute approximate surface area is 170 Å². The largest absolute Gasteiger partial charge is 0.322 e. The summed E-state index contributed by atoms with van der Waals surface area (Å²) in [6.45, 7) is 12.6. The quantitative estimate of drug-likeness (QED) is 0.568. The molecule has 1 fully saturated rings. The number of amides is 1. The van der Waals surface area contributed by atoms with Gasteiger partial charge >= 0.3 is 0 Å². The molecule has 0 aromatic heterocycles. The van der Waals surface area contributed by atoms with E-state index in [2.05, 4.69) is 57.8 Å². The van der Waals surface area contributed by atoms with Crippen molar-refractivity contribution in [3.05, 3.63) is 82.9 Å². The smallest absolute Gasteiger partial charge is 0.255 e. The van der Waals surface area contributed by atoms with Gasteiger partial charge in [0.15, 0.2) is 0 Å². The fourth-order valence-corrected chi connectivity index (χ4v) is 2.53. The fraction of sp³-hybridized carbons (Fsp3) is 0.346. The number of hydrogen-bond acceptors (Lipinski definition) is 1. The Hall–Kier alpha value is -2.61. The van der Waals surface area contributed by atoms with Crippen molar-refractivity contribution in [3.63, 3.8) is 0 Å². The molecule has 3 rings (SSSR count). The van der Waals surface area contributed by atoms with E-state index in [1.54, 1.807) is 0 Å². The number of rotatable bonds is 6. The number of unbranched alkanes of at least 4 members (excludes halogenated alkanes) is 1. The molecule has 1 aliphatic rings. The zero-order valence-corrected chi connectivity index (χ0v) is 17.7. The van der Waals surface area contributed by atoms with Crippen LogP contribution in [-0.4, -0.2) is 5.91 Å². The minimum atomic E-state index is -0.125. The molecule has 2 aromatic rings. The molecule has 2 heteroatoms. The Bertz CT molecular complexity index is 803. The molecular formula is C26H33NO. The van der Waals surface area contributed by atoms with Crippen LogP contribution in [0.25, 0.3) is 11.8 Å². The summed E-state index contributed by atoms with van der Waals surface area (Å²) in [4.78, 5) is 12.3. The predicted molar refractivity (Wildman–Crippen MR) is 121 cm³/mol. The van der Waals surface area contributed by atoms with Gasteiger partial charge in [-0.2, -0.15) is 0 Å². The second-order valence-electron chi connectivity index (χ2n) is 7.63. The van der Waals surface area contributed by atoms with Crippen LogP contribution in [0, 0.1) is 0 Å². The van der Waals surface area contributed by atoms with Gasteiger partial charge in [-0.3, -0.25) is 4.79 Å². The van der Waals surface area contributed by atoms with Crippen molar-refractivity contribution in [1.29, 1.82) is 0 Å². The molecule has 1 N–H and O–H groups in total. The zero-order chi connectivity index (χ0) is 20.5. The molecule has 1 amide bonds. The van der Waals surface area contributed by atoms with E-state index in [1.165, 1.54) is 42.4 Å². The maximum atomic E-state index is 12.3. The lowest BCUT2D eigenvalue weighted by atomic mass is 10.0. The Kier molecular flexibility index (Phi) is 8.25. The van der Waals surface area contributed by atoms with Gasteiger partial charge in [0.25, 0.3) is 5.91 Å². The molecule has 2 aromatic carbocycles. The molecule has 0 heterocycles. The number of carbonyl (C=O) groups is 1. The first kappa shape index (κ1) is 21.7. The van der Waals surface area contributed by atoms with Gasteiger partial charge in [-0.15, -0.1) is 0 Å². The minimum Gasteiger partial charge on any atom is -0.322 e. The summed E-state index contributed by atoms with van der Waals surface area (Å²) in [5, 5.41) is 2.88. The summed E-state index contributed by atoms with van der Waals surface area (Å²) >= 11 is 0. The Morgan fingerprint density at radius 1 is 0.964 bits per heavy atom. The third kappa shape index (κ3) is 6.84. The van der Waals surface area contributed by atoms with Crippen molar-refractivity contribution in [3.8, 4) is 0 Å². The van der Waals surface area contributed by atoms with E-state index >= 15 is 0 Å². The molecule has 0 unspecified atom stereocenters. The van der Waals surface area contributed by atoms with Crippen LogP contribution in [0.2, 0.25) is 0 Å². The monoisotopic (exact) mass is 375 g/mol. The highest BCUT2D eigenvalue weighted by Crippen LogP contribution is 2.30. The van der Waals surface area contributed by atoms with Crippen molar-refractivity contribution in [2.75, 3.05) is 0 Å². The van der Waals surface area contributed by atoms with E-state index in [0.717, 1.165) is 5.56 Å². The average molecular weight is 376 g/mol. The predicted octanol–water partition coefficient (Wildman–Crippen LogP) is 7.19. The molecule has 0 aliphatic heterocycles. The summed E-state index contributed by atoms with van der Waals surface area (Å²) in [7, 11) is 0. The maximum Gasteiger partial charge on any atom is 0.255 e. The molecule has 1 aliphatic carbocycles. The third-order valence-corrected chi connectivity index (χ3v) is 4.77. The van der Waals surface area contributed by atoms with Crippen LogP contribution in [0.15, 0.2) is 60.7 Å². The molecule has 0 bridgehead atoms. The zero-order valence-electron chi connectivity index (χ0n) is 17.7. The van der Waals surface area contributed by atoms with Crippen molar-refractivity contribution in [1.82, 2.24) is 5.32 Å². The molecule has 0 atom stereocenters. The highest BCUT2D eigenvalue weighted by molar-refractivity contribution is 5.99. The average Bonchev–Trinajstić information content (AvgIpc) is 3.52. The van der Waals surface area contributed by atoms with Gasteiger partial charge in [0.05, 0.1) is 0 Å². The number of allylic oxidation sites excluding steroid dienone is 1. The lowest BCUT2D eigenvalue weighted by Crippen LogP contribution is -2.21. The van der Waals surface area contributed by atoms with Gasteiger partial charge in [0, 0.05) is 11.3 Å². The van der Waals surface area contributed by atoms with Crippen LogP contribution < -0.4 is 5.32 Å². The normalized spacial score (nSPS) is 12.1. The fourth-order valence-electron chi connectivity index (χ4n) is 2.53. The molecule has 1 saturated carbocycles. The second-order valence-corrected chi connectivity index (χ2v) is 7.63. The van der Waals surface area contributed by atoms with Crippen LogP contribution in [0.3, 0.4) is 0 Å². The lowest BCUT2D eigenvalue weighted by molar-refractivity contribution is 0.0974. The van der Waals surface area contributed by atoms with Crippen LogP contribution in [0.4, 0.5) is 0 Å². The highest BCUT2D eigenvalue weighted by Gasteiger charge is 2.11. The minimum absolute atomic E-state index is 0.125. The Balaban J connectivity index is 0.000000640. The van der Waals surface area contributed by atoms with Crippen molar-refractivity contribution < 1.29 is 4.79 Å². The number of carbonyl (C=O) groups excluding carboxylic acids is 1. The Morgan fingerprint density at radius 2 is 1.50 bits per heavy atom.